The molecule has 75 heavy (non-hydrogen) atoms. The Labute approximate surface area is 447 Å². The van der Waals surface area contributed by atoms with Crippen LogP contribution < -0.4 is 27.4 Å². The predicted molar refractivity (Wildman–Crippen MR) is 285 cm³/mol. The van der Waals surface area contributed by atoms with Crippen LogP contribution >= 0.6 is 0 Å². The standard InChI is InChI=1S/C55H99N5O15/c1-55(2,3)48(63)40-43(47(62)39-44(53(57)69)24-18-20-30-56)23-19-21-31-58-50(65)41-75-38-36-73-34-32-59-51(66)42-74-37-35-72-33-22-25-45(61)28-29-46(54(70)71)60-49(64)26-16-14-12-10-8-6-4-5-7-9-11-13-15-17-27-52(67)68/h43-44,46H,4-42,56H2,1-3H3,(H2,57,69)(H,58,65)(H,59,66)(H,60,64)(H,67,68)(H,70,71)/t43-,44-,46?/m1/s1. The van der Waals surface area contributed by atoms with Crippen molar-refractivity contribution in [3.05, 3.63) is 0 Å². The molecule has 0 aliphatic heterocycles. The number of carbonyl (C=O) groups excluding carboxylic acids is 7. The van der Waals surface area contributed by atoms with Crippen molar-refractivity contribution in [3.63, 3.8) is 0 Å². The van der Waals surface area contributed by atoms with Gasteiger partial charge in [-0.25, -0.2) is 4.79 Å². The molecule has 4 amide bonds. The zero-order chi connectivity index (χ0) is 56.0. The summed E-state index contributed by atoms with van der Waals surface area (Å²) in [6.45, 7) is 7.49. The molecule has 0 heterocycles. The van der Waals surface area contributed by atoms with Crippen LogP contribution in [0.25, 0.3) is 0 Å². The lowest BCUT2D eigenvalue weighted by molar-refractivity contribution is -0.142. The normalized spacial score (nSPS) is 12.6. The number of ether oxygens (including phenoxy) is 4. The van der Waals surface area contributed by atoms with Crippen molar-refractivity contribution in [1.82, 2.24) is 16.0 Å². The van der Waals surface area contributed by atoms with Gasteiger partial charge in [-0.2, -0.15) is 0 Å². The first-order valence-electron chi connectivity index (χ1n) is 28.0. The van der Waals surface area contributed by atoms with Crippen LogP contribution in [0, 0.1) is 17.3 Å². The molecule has 0 fully saturated rings. The summed E-state index contributed by atoms with van der Waals surface area (Å²) in [7, 11) is 0. The summed E-state index contributed by atoms with van der Waals surface area (Å²) in [6.07, 6.45) is 19.9. The van der Waals surface area contributed by atoms with Crippen LogP contribution in [0.5, 0.6) is 0 Å². The maximum atomic E-state index is 13.3. The molecule has 1 unspecified atom stereocenters. The van der Waals surface area contributed by atoms with E-state index in [1.807, 2.05) is 20.8 Å². The van der Waals surface area contributed by atoms with E-state index in [-0.39, 0.29) is 133 Å². The minimum Gasteiger partial charge on any atom is -0.481 e. The summed E-state index contributed by atoms with van der Waals surface area (Å²) in [5, 5.41) is 26.3. The van der Waals surface area contributed by atoms with Gasteiger partial charge in [-0.1, -0.05) is 111 Å². The number of carboxylic acids is 2. The molecule has 434 valence electrons. The fraction of sp³-hybridized carbons (Fsp3) is 0.836. The van der Waals surface area contributed by atoms with E-state index in [4.69, 9.17) is 35.5 Å². The number of hydrogen-bond acceptors (Lipinski definition) is 14. The summed E-state index contributed by atoms with van der Waals surface area (Å²) >= 11 is 0. The third-order valence-electron chi connectivity index (χ3n) is 12.8. The van der Waals surface area contributed by atoms with Gasteiger partial charge in [-0.05, 0) is 57.9 Å². The molecule has 0 aliphatic carbocycles. The van der Waals surface area contributed by atoms with E-state index in [1.165, 1.54) is 38.5 Å². The number of carboxylic acid groups (broad SMARTS) is 2. The molecular weight excluding hydrogens is 971 g/mol. The monoisotopic (exact) mass is 1070 g/mol. The highest BCUT2D eigenvalue weighted by Crippen LogP contribution is 2.26. The van der Waals surface area contributed by atoms with E-state index in [1.54, 1.807) is 0 Å². The second-order valence-corrected chi connectivity index (χ2v) is 20.6. The van der Waals surface area contributed by atoms with Gasteiger partial charge in [0.1, 0.15) is 36.6 Å². The SMILES string of the molecule is CC(C)(C)C(=O)C[C@@H](CCCCNC(=O)COCCOCCNC(=O)COCCOCCCC(=O)CCC(NC(=O)CCCCCCCCCCCCCCCCC(=O)O)C(=O)O)C(=O)C[C@@H](CCCCN)C(N)=O. The van der Waals surface area contributed by atoms with Crippen molar-refractivity contribution in [2.75, 3.05) is 72.5 Å². The zero-order valence-corrected chi connectivity index (χ0v) is 46.2. The minimum absolute atomic E-state index is 0.0000288. The topological polar surface area (TPSA) is 319 Å². The fourth-order valence-corrected chi connectivity index (χ4v) is 8.08. The van der Waals surface area contributed by atoms with Gasteiger partial charge in [0.25, 0.3) is 0 Å². The first-order chi connectivity index (χ1) is 35.9. The highest BCUT2D eigenvalue weighted by atomic mass is 16.5. The summed E-state index contributed by atoms with van der Waals surface area (Å²) in [5.41, 5.74) is 10.5. The van der Waals surface area contributed by atoms with Gasteiger partial charge in [-0.3, -0.25) is 38.4 Å². The maximum Gasteiger partial charge on any atom is 0.326 e. The summed E-state index contributed by atoms with van der Waals surface area (Å²) in [5.74, 6) is -4.78. The van der Waals surface area contributed by atoms with Gasteiger partial charge in [0.2, 0.25) is 23.6 Å². The molecule has 0 aliphatic rings. The van der Waals surface area contributed by atoms with E-state index in [2.05, 4.69) is 16.0 Å². The third kappa shape index (κ3) is 44.5. The Morgan fingerprint density at radius 1 is 0.480 bits per heavy atom. The van der Waals surface area contributed by atoms with Crippen molar-refractivity contribution >= 4 is 52.9 Å². The van der Waals surface area contributed by atoms with E-state index in [9.17, 15) is 48.3 Å². The van der Waals surface area contributed by atoms with Gasteiger partial charge in [0.15, 0.2) is 0 Å². The molecule has 0 spiro atoms. The van der Waals surface area contributed by atoms with Crippen molar-refractivity contribution in [2.24, 2.45) is 28.7 Å². The summed E-state index contributed by atoms with van der Waals surface area (Å²) < 4.78 is 21.6. The molecule has 0 saturated carbocycles. The number of carbonyl (C=O) groups is 9. The molecule has 0 saturated heterocycles. The third-order valence-corrected chi connectivity index (χ3v) is 12.8. The lowest BCUT2D eigenvalue weighted by atomic mass is 9.80. The molecule has 0 rings (SSSR count). The van der Waals surface area contributed by atoms with Crippen LogP contribution in [0.3, 0.4) is 0 Å². The Hall–Kier alpha value is -4.37. The Bertz CT molecular complexity index is 1610. The van der Waals surface area contributed by atoms with Gasteiger partial charge in [0, 0.05) is 75.5 Å². The van der Waals surface area contributed by atoms with E-state index in [0.29, 0.717) is 64.6 Å². The first kappa shape index (κ1) is 70.6. The molecular formula is C55H99N5O15. The van der Waals surface area contributed by atoms with Crippen molar-refractivity contribution < 1.29 is 72.3 Å². The number of nitrogens with one attached hydrogen (secondary N) is 3. The number of rotatable bonds is 54. The zero-order valence-electron chi connectivity index (χ0n) is 46.2. The number of hydrogen-bond donors (Lipinski definition) is 7. The first-order valence-corrected chi connectivity index (χ1v) is 28.0. The lowest BCUT2D eigenvalue weighted by Gasteiger charge is -2.23. The average Bonchev–Trinajstić information content (AvgIpc) is 3.35. The number of amides is 4. The fourth-order valence-electron chi connectivity index (χ4n) is 8.08. The number of primary amides is 1. The van der Waals surface area contributed by atoms with Crippen LogP contribution in [-0.4, -0.2) is 142 Å². The lowest BCUT2D eigenvalue weighted by Crippen LogP contribution is -2.41. The molecule has 0 aromatic rings. The Balaban J connectivity index is 3.92. The molecule has 0 bridgehead atoms. The quantitative estimate of drug-likeness (QED) is 0.0329. The minimum atomic E-state index is -1.17. The second kappa shape index (κ2) is 46.9. The Morgan fingerprint density at radius 3 is 1.49 bits per heavy atom. The Kier molecular flexibility index (Phi) is 44.2. The molecule has 3 atom stereocenters. The van der Waals surface area contributed by atoms with Crippen LogP contribution in [0.2, 0.25) is 0 Å². The van der Waals surface area contributed by atoms with E-state index in [0.717, 1.165) is 51.4 Å². The number of unbranched alkanes of at least 4 members (excludes halogenated alkanes) is 15. The number of ketones is 3. The summed E-state index contributed by atoms with van der Waals surface area (Å²) in [4.78, 5) is 109. The van der Waals surface area contributed by atoms with Gasteiger partial charge < -0.3 is 56.6 Å². The highest BCUT2D eigenvalue weighted by molar-refractivity contribution is 5.92. The van der Waals surface area contributed by atoms with E-state index < -0.39 is 41.1 Å². The van der Waals surface area contributed by atoms with Crippen molar-refractivity contribution in [3.8, 4) is 0 Å². The van der Waals surface area contributed by atoms with Crippen LogP contribution in [-0.2, 0) is 62.1 Å². The van der Waals surface area contributed by atoms with Crippen LogP contribution in [0.4, 0.5) is 0 Å². The van der Waals surface area contributed by atoms with Crippen LogP contribution in [0.1, 0.15) is 201 Å². The van der Waals surface area contributed by atoms with Crippen LogP contribution in [0.15, 0.2) is 0 Å². The number of nitrogens with two attached hydrogens (primary N) is 2. The average molecular weight is 1070 g/mol. The number of aliphatic carboxylic acids is 2. The van der Waals surface area contributed by atoms with E-state index >= 15 is 0 Å². The molecule has 20 heteroatoms. The van der Waals surface area contributed by atoms with Gasteiger partial charge in [-0.15, -0.1) is 0 Å². The van der Waals surface area contributed by atoms with Crippen molar-refractivity contribution in [2.45, 2.75) is 207 Å². The molecule has 9 N–H and O–H groups in total. The Morgan fingerprint density at radius 2 is 0.973 bits per heavy atom. The second-order valence-electron chi connectivity index (χ2n) is 20.6. The molecule has 0 radical (unpaired) electrons. The summed E-state index contributed by atoms with van der Waals surface area (Å²) in [6, 6.07) is -1.12. The highest BCUT2D eigenvalue weighted by Gasteiger charge is 2.30. The van der Waals surface area contributed by atoms with Gasteiger partial charge >= 0.3 is 11.9 Å². The molecule has 0 aromatic carbocycles. The molecule has 0 aromatic heterocycles. The molecule has 20 nitrogen and oxygen atoms in total. The maximum absolute atomic E-state index is 13.3. The van der Waals surface area contributed by atoms with Crippen molar-refractivity contribution in [1.29, 1.82) is 0 Å². The predicted octanol–water partition coefficient (Wildman–Crippen LogP) is 6.29. The number of Topliss-reactive ketones (excluding diaryl/α,β-unsaturated/α-hetero) is 3. The largest absolute Gasteiger partial charge is 0.481 e. The van der Waals surface area contributed by atoms with Gasteiger partial charge in [0.05, 0.1) is 33.0 Å². The smallest absolute Gasteiger partial charge is 0.326 e.